The Kier molecular flexibility index (Phi) is 3.44. The second kappa shape index (κ2) is 4.67. The predicted molar refractivity (Wildman–Crippen MR) is 62.5 cm³/mol. The van der Waals surface area contributed by atoms with Gasteiger partial charge < -0.3 is 0 Å². The number of rotatable bonds is 2. The van der Waals surface area contributed by atoms with Gasteiger partial charge in [-0.25, -0.2) is 4.68 Å². The summed E-state index contributed by atoms with van der Waals surface area (Å²) in [7, 11) is 0. The molecule has 0 bridgehead atoms. The van der Waals surface area contributed by atoms with Crippen LogP contribution in [-0.2, 0) is 6.54 Å². The van der Waals surface area contributed by atoms with Gasteiger partial charge in [-0.1, -0.05) is 39.3 Å². The van der Waals surface area contributed by atoms with Crippen LogP contribution < -0.4 is 5.56 Å². The van der Waals surface area contributed by atoms with Crippen LogP contribution in [0.2, 0.25) is 14.4 Å². The minimum Gasteiger partial charge on any atom is -0.266 e. The van der Waals surface area contributed by atoms with Crippen molar-refractivity contribution >= 4 is 46.3 Å². The molecule has 0 aliphatic carbocycles. The number of aromatic nitrogens is 4. The summed E-state index contributed by atoms with van der Waals surface area (Å²) in [4.78, 5) is 11.6. The molecule has 0 N–H and O–H groups in total. The zero-order valence-electron chi connectivity index (χ0n) is 7.52. The van der Waals surface area contributed by atoms with Gasteiger partial charge in [0.25, 0.3) is 5.56 Å². The first-order valence-electron chi connectivity index (χ1n) is 3.97. The lowest BCUT2D eigenvalue weighted by atomic mass is 10.5. The Morgan fingerprint density at radius 1 is 1.38 bits per heavy atom. The van der Waals surface area contributed by atoms with Crippen molar-refractivity contribution in [3.63, 3.8) is 0 Å². The molecule has 2 aromatic rings. The highest BCUT2D eigenvalue weighted by Gasteiger charge is 2.11. The normalized spacial score (nSPS) is 10.7. The molecule has 0 fully saturated rings. The van der Waals surface area contributed by atoms with E-state index in [4.69, 9.17) is 34.8 Å². The third kappa shape index (κ3) is 2.20. The van der Waals surface area contributed by atoms with E-state index in [2.05, 4.69) is 14.7 Å². The fourth-order valence-electron chi connectivity index (χ4n) is 0.991. The third-order valence-electron chi connectivity index (χ3n) is 1.75. The molecular formula is C7H3Cl3N4OS. The quantitative estimate of drug-likeness (QED) is 0.851. The maximum Gasteiger partial charge on any atom is 0.287 e. The zero-order valence-corrected chi connectivity index (χ0v) is 10.6. The molecule has 0 saturated heterocycles. The summed E-state index contributed by atoms with van der Waals surface area (Å²) in [5.74, 6) is 0. The van der Waals surface area contributed by atoms with Crippen molar-refractivity contribution in [3.05, 3.63) is 36.6 Å². The summed E-state index contributed by atoms with van der Waals surface area (Å²) in [6, 6.07) is 0. The summed E-state index contributed by atoms with van der Waals surface area (Å²) >= 11 is 18.2. The van der Waals surface area contributed by atoms with Gasteiger partial charge in [0, 0.05) is 11.5 Å². The molecule has 84 valence electrons. The number of hydrogen-bond acceptors (Lipinski definition) is 5. The maximum atomic E-state index is 11.6. The van der Waals surface area contributed by atoms with Crippen LogP contribution in [0.15, 0.2) is 11.0 Å². The summed E-state index contributed by atoms with van der Waals surface area (Å²) in [6.45, 7) is 0.116. The lowest BCUT2D eigenvalue weighted by Gasteiger charge is -2.02. The molecule has 9 heteroatoms. The Bertz CT molecular complexity index is 581. The van der Waals surface area contributed by atoms with E-state index >= 15 is 0 Å². The molecule has 0 amide bonds. The molecule has 5 nitrogen and oxygen atoms in total. The largest absolute Gasteiger partial charge is 0.287 e. The van der Waals surface area contributed by atoms with E-state index < -0.39 is 5.56 Å². The number of nitrogens with zero attached hydrogens (tertiary/aromatic N) is 4. The van der Waals surface area contributed by atoms with Gasteiger partial charge >= 0.3 is 0 Å². The Morgan fingerprint density at radius 3 is 2.75 bits per heavy atom. The van der Waals surface area contributed by atoms with Crippen molar-refractivity contribution < 1.29 is 0 Å². The molecule has 16 heavy (non-hydrogen) atoms. The molecule has 0 aliphatic heterocycles. The Hall–Kier alpha value is -0.690. The van der Waals surface area contributed by atoms with Gasteiger partial charge in [0.1, 0.15) is 15.1 Å². The molecule has 0 atom stereocenters. The topological polar surface area (TPSA) is 60.7 Å². The third-order valence-corrected chi connectivity index (χ3v) is 3.48. The summed E-state index contributed by atoms with van der Waals surface area (Å²) < 4.78 is 5.18. The monoisotopic (exact) mass is 296 g/mol. The standard InChI is InChI=1S/C7H3Cl3N4OS/c8-3-1-11-14(7(15)5(3)9)2-4-6(10)16-13-12-4/h1H,2H2. The molecule has 0 aliphatic rings. The van der Waals surface area contributed by atoms with Crippen molar-refractivity contribution in [1.82, 2.24) is 19.4 Å². The van der Waals surface area contributed by atoms with Crippen LogP contribution in [0.5, 0.6) is 0 Å². The van der Waals surface area contributed by atoms with E-state index in [1.807, 2.05) is 0 Å². The van der Waals surface area contributed by atoms with Crippen LogP contribution in [-0.4, -0.2) is 19.4 Å². The van der Waals surface area contributed by atoms with Gasteiger partial charge in [0.15, 0.2) is 0 Å². The average molecular weight is 298 g/mol. The molecule has 2 heterocycles. The van der Waals surface area contributed by atoms with E-state index in [0.29, 0.717) is 10.0 Å². The lowest BCUT2D eigenvalue weighted by molar-refractivity contribution is 0.627. The van der Waals surface area contributed by atoms with Crippen LogP contribution in [0.4, 0.5) is 0 Å². The first-order chi connectivity index (χ1) is 7.59. The number of hydrogen-bond donors (Lipinski definition) is 0. The Labute approximate surface area is 109 Å². The molecule has 0 radical (unpaired) electrons. The second-order valence-electron chi connectivity index (χ2n) is 2.76. The highest BCUT2D eigenvalue weighted by Crippen LogP contribution is 2.18. The van der Waals surface area contributed by atoms with Crippen molar-refractivity contribution in [1.29, 1.82) is 0 Å². The van der Waals surface area contributed by atoms with Crippen LogP contribution >= 0.6 is 46.3 Å². The van der Waals surface area contributed by atoms with Gasteiger partial charge in [-0.2, -0.15) is 5.10 Å². The lowest BCUT2D eigenvalue weighted by Crippen LogP contribution is -2.24. The van der Waals surface area contributed by atoms with Gasteiger partial charge in [0.2, 0.25) is 0 Å². The Morgan fingerprint density at radius 2 is 2.12 bits per heavy atom. The molecule has 0 spiro atoms. The first-order valence-corrected chi connectivity index (χ1v) is 5.88. The van der Waals surface area contributed by atoms with Crippen LogP contribution in [0.3, 0.4) is 0 Å². The van der Waals surface area contributed by atoms with E-state index in [0.717, 1.165) is 16.2 Å². The Balaban J connectivity index is 2.40. The number of halogens is 3. The fraction of sp³-hybridized carbons (Fsp3) is 0.143. The predicted octanol–water partition coefficient (Wildman–Crippen LogP) is 2.10. The van der Waals surface area contributed by atoms with E-state index in [1.54, 1.807) is 0 Å². The average Bonchev–Trinajstić information content (AvgIpc) is 2.65. The van der Waals surface area contributed by atoms with E-state index in [1.165, 1.54) is 6.20 Å². The van der Waals surface area contributed by atoms with E-state index in [9.17, 15) is 4.79 Å². The zero-order chi connectivity index (χ0) is 11.7. The van der Waals surface area contributed by atoms with Crippen molar-refractivity contribution in [2.75, 3.05) is 0 Å². The first kappa shape index (κ1) is 11.8. The van der Waals surface area contributed by atoms with Crippen molar-refractivity contribution in [2.45, 2.75) is 6.54 Å². The van der Waals surface area contributed by atoms with Gasteiger partial charge in [-0.15, -0.1) is 5.10 Å². The van der Waals surface area contributed by atoms with Gasteiger partial charge in [-0.05, 0) is 0 Å². The molecular weight excluding hydrogens is 295 g/mol. The van der Waals surface area contributed by atoms with Gasteiger partial charge in [-0.3, -0.25) is 4.79 Å². The molecule has 2 aromatic heterocycles. The van der Waals surface area contributed by atoms with E-state index in [-0.39, 0.29) is 16.6 Å². The highest BCUT2D eigenvalue weighted by molar-refractivity contribution is 7.10. The van der Waals surface area contributed by atoms with Gasteiger partial charge in [0.05, 0.1) is 17.8 Å². The second-order valence-corrected chi connectivity index (χ2v) is 4.90. The molecule has 2 rings (SSSR count). The maximum absolute atomic E-state index is 11.6. The molecule has 0 unspecified atom stereocenters. The minimum atomic E-state index is -0.488. The smallest absolute Gasteiger partial charge is 0.266 e. The molecule has 0 saturated carbocycles. The summed E-state index contributed by atoms with van der Waals surface area (Å²) in [5, 5.41) is 7.63. The SMILES string of the molecule is O=c1c(Cl)c(Cl)cnn1Cc1nnsc1Cl. The van der Waals surface area contributed by atoms with Crippen LogP contribution in [0.25, 0.3) is 0 Å². The molecule has 0 aromatic carbocycles. The van der Waals surface area contributed by atoms with Crippen molar-refractivity contribution in [3.8, 4) is 0 Å². The summed E-state index contributed by atoms with van der Waals surface area (Å²) in [6.07, 6.45) is 1.29. The summed E-state index contributed by atoms with van der Waals surface area (Å²) in [5.41, 5.74) is -0.0158. The minimum absolute atomic E-state index is 0.0732. The van der Waals surface area contributed by atoms with Crippen molar-refractivity contribution in [2.24, 2.45) is 0 Å². The highest BCUT2D eigenvalue weighted by atomic mass is 35.5. The fourth-order valence-corrected chi connectivity index (χ4v) is 1.87. The van der Waals surface area contributed by atoms with Crippen LogP contribution in [0.1, 0.15) is 5.69 Å². The van der Waals surface area contributed by atoms with Crippen LogP contribution in [0, 0.1) is 0 Å².